The van der Waals surface area contributed by atoms with Crippen LogP contribution < -0.4 is 9.80 Å². The predicted molar refractivity (Wildman–Crippen MR) is 87.4 cm³/mol. The highest BCUT2D eigenvalue weighted by atomic mass is 35.5. The first-order chi connectivity index (χ1) is 10.1. The van der Waals surface area contributed by atoms with Crippen molar-refractivity contribution in [1.29, 1.82) is 0 Å². The normalized spacial score (nSPS) is 15.4. The minimum atomic E-state index is 0.794. The minimum Gasteiger partial charge on any atom is -0.368 e. The number of halogens is 1. The third-order valence-electron chi connectivity index (χ3n) is 3.86. The van der Waals surface area contributed by atoms with E-state index in [2.05, 4.69) is 38.8 Å². The molecule has 4 nitrogen and oxygen atoms in total. The van der Waals surface area contributed by atoms with Crippen LogP contribution in [-0.2, 0) is 0 Å². The second-order valence-corrected chi connectivity index (χ2v) is 5.86. The molecular weight excluding hydrogens is 284 g/mol. The zero-order chi connectivity index (χ0) is 14.8. The van der Waals surface area contributed by atoms with Gasteiger partial charge in [-0.2, -0.15) is 0 Å². The summed E-state index contributed by atoms with van der Waals surface area (Å²) in [5.74, 6) is 0.970. The molecule has 1 fully saturated rings. The average Bonchev–Trinajstić information content (AvgIpc) is 2.50. The number of rotatable bonds is 2. The lowest BCUT2D eigenvalue weighted by Gasteiger charge is -2.37. The van der Waals surface area contributed by atoms with E-state index in [1.165, 1.54) is 11.3 Å². The van der Waals surface area contributed by atoms with Crippen molar-refractivity contribution in [3.8, 4) is 0 Å². The van der Waals surface area contributed by atoms with Gasteiger partial charge in [0.15, 0.2) is 0 Å². The summed E-state index contributed by atoms with van der Waals surface area (Å²) >= 11 is 6.12. The third-order valence-corrected chi connectivity index (χ3v) is 4.09. The highest BCUT2D eigenvalue weighted by Gasteiger charge is 2.19. The van der Waals surface area contributed by atoms with Crippen molar-refractivity contribution in [1.82, 2.24) is 9.97 Å². The average molecular weight is 303 g/mol. The third kappa shape index (κ3) is 3.10. The van der Waals surface area contributed by atoms with Crippen LogP contribution in [0.5, 0.6) is 0 Å². The fourth-order valence-corrected chi connectivity index (χ4v) is 2.87. The molecule has 1 saturated heterocycles. The summed E-state index contributed by atoms with van der Waals surface area (Å²) in [7, 11) is 0. The molecule has 0 spiro atoms. The standard InChI is InChI=1S/C16H19ClN4/c1-12-3-4-14(17)9-15(12)20-5-7-21(8-6-20)16-11-18-10-13(2)19-16/h3-4,9-11H,5-8H2,1-2H3. The van der Waals surface area contributed by atoms with Crippen LogP contribution in [0.25, 0.3) is 0 Å². The van der Waals surface area contributed by atoms with Crippen molar-refractivity contribution in [2.45, 2.75) is 13.8 Å². The molecule has 0 radical (unpaired) electrons. The molecule has 5 heteroatoms. The smallest absolute Gasteiger partial charge is 0.147 e. The highest BCUT2D eigenvalue weighted by Crippen LogP contribution is 2.26. The molecule has 1 aliphatic rings. The van der Waals surface area contributed by atoms with E-state index in [0.29, 0.717) is 0 Å². The van der Waals surface area contributed by atoms with Crippen molar-refractivity contribution < 1.29 is 0 Å². The van der Waals surface area contributed by atoms with Gasteiger partial charge >= 0.3 is 0 Å². The zero-order valence-corrected chi connectivity index (χ0v) is 13.1. The zero-order valence-electron chi connectivity index (χ0n) is 12.4. The lowest BCUT2D eigenvalue weighted by Crippen LogP contribution is -2.47. The summed E-state index contributed by atoms with van der Waals surface area (Å²) < 4.78 is 0. The Morgan fingerprint density at radius 1 is 1.00 bits per heavy atom. The Bertz CT molecular complexity index is 636. The van der Waals surface area contributed by atoms with E-state index in [4.69, 9.17) is 11.6 Å². The van der Waals surface area contributed by atoms with Gasteiger partial charge in [0.25, 0.3) is 0 Å². The molecular formula is C16H19ClN4. The number of aromatic nitrogens is 2. The largest absolute Gasteiger partial charge is 0.368 e. The first-order valence-corrected chi connectivity index (χ1v) is 7.56. The molecule has 0 bridgehead atoms. The van der Waals surface area contributed by atoms with E-state index in [1.54, 1.807) is 6.20 Å². The van der Waals surface area contributed by atoms with Crippen LogP contribution in [-0.4, -0.2) is 36.1 Å². The molecule has 0 amide bonds. The summed E-state index contributed by atoms with van der Waals surface area (Å²) in [5.41, 5.74) is 3.46. The number of hydrogen-bond acceptors (Lipinski definition) is 4. The van der Waals surface area contributed by atoms with E-state index < -0.39 is 0 Å². The van der Waals surface area contributed by atoms with Crippen LogP contribution in [0.15, 0.2) is 30.6 Å². The molecule has 0 N–H and O–H groups in total. The SMILES string of the molecule is Cc1cncc(N2CCN(c3cc(Cl)ccc3C)CC2)n1. The molecule has 1 aromatic heterocycles. The summed E-state index contributed by atoms with van der Waals surface area (Å²) in [6.45, 7) is 7.94. The number of benzene rings is 1. The summed E-state index contributed by atoms with van der Waals surface area (Å²) in [6, 6.07) is 6.08. The van der Waals surface area contributed by atoms with Gasteiger partial charge < -0.3 is 9.80 Å². The van der Waals surface area contributed by atoms with Crippen LogP contribution in [0.2, 0.25) is 5.02 Å². The Morgan fingerprint density at radius 2 is 1.71 bits per heavy atom. The quantitative estimate of drug-likeness (QED) is 0.853. The fourth-order valence-electron chi connectivity index (χ4n) is 2.70. The van der Waals surface area contributed by atoms with Crippen LogP contribution >= 0.6 is 11.6 Å². The lowest BCUT2D eigenvalue weighted by atomic mass is 10.1. The van der Waals surface area contributed by atoms with Crippen LogP contribution in [0.4, 0.5) is 11.5 Å². The van der Waals surface area contributed by atoms with Crippen LogP contribution in [0.3, 0.4) is 0 Å². The van der Waals surface area contributed by atoms with E-state index in [1.807, 2.05) is 19.2 Å². The number of nitrogens with zero attached hydrogens (tertiary/aromatic N) is 4. The molecule has 2 aromatic rings. The van der Waals surface area contributed by atoms with Gasteiger partial charge in [0.1, 0.15) is 5.82 Å². The van der Waals surface area contributed by atoms with Gasteiger partial charge in [-0.15, -0.1) is 0 Å². The van der Waals surface area contributed by atoms with Crippen molar-refractivity contribution >= 4 is 23.1 Å². The summed E-state index contributed by atoms with van der Waals surface area (Å²) in [5, 5.41) is 0.794. The van der Waals surface area contributed by atoms with Gasteiger partial charge in [-0.05, 0) is 31.5 Å². The molecule has 0 atom stereocenters. The predicted octanol–water partition coefficient (Wildman–Crippen LogP) is 3.07. The van der Waals surface area contributed by atoms with E-state index >= 15 is 0 Å². The van der Waals surface area contributed by atoms with Crippen molar-refractivity contribution in [3.63, 3.8) is 0 Å². The van der Waals surface area contributed by atoms with Gasteiger partial charge in [-0.1, -0.05) is 17.7 Å². The van der Waals surface area contributed by atoms with E-state index in [0.717, 1.165) is 42.7 Å². The Hall–Kier alpha value is -1.81. The van der Waals surface area contributed by atoms with E-state index in [-0.39, 0.29) is 0 Å². The maximum atomic E-state index is 6.12. The van der Waals surface area contributed by atoms with Gasteiger partial charge in [0.05, 0.1) is 11.9 Å². The van der Waals surface area contributed by atoms with Crippen molar-refractivity contribution in [2.24, 2.45) is 0 Å². The molecule has 1 aromatic carbocycles. The summed E-state index contributed by atoms with van der Waals surface area (Å²) in [4.78, 5) is 13.5. The molecule has 0 unspecified atom stereocenters. The van der Waals surface area contributed by atoms with Crippen LogP contribution in [0, 0.1) is 13.8 Å². The van der Waals surface area contributed by atoms with Gasteiger partial charge in [0, 0.05) is 43.1 Å². The highest BCUT2D eigenvalue weighted by molar-refractivity contribution is 6.30. The topological polar surface area (TPSA) is 32.3 Å². The maximum absolute atomic E-state index is 6.12. The van der Waals surface area contributed by atoms with Crippen molar-refractivity contribution in [3.05, 3.63) is 46.9 Å². The maximum Gasteiger partial charge on any atom is 0.147 e. The fraction of sp³-hybridized carbons (Fsp3) is 0.375. The summed E-state index contributed by atoms with van der Waals surface area (Å²) in [6.07, 6.45) is 3.63. The second kappa shape index (κ2) is 5.90. The van der Waals surface area contributed by atoms with Gasteiger partial charge in [-0.3, -0.25) is 4.98 Å². The molecule has 21 heavy (non-hydrogen) atoms. The number of anilines is 2. The second-order valence-electron chi connectivity index (χ2n) is 5.42. The molecule has 110 valence electrons. The molecule has 0 aliphatic carbocycles. The van der Waals surface area contributed by atoms with Gasteiger partial charge in [0.2, 0.25) is 0 Å². The number of aryl methyl sites for hydroxylation is 2. The number of piperazine rings is 1. The molecule has 1 aliphatic heterocycles. The Balaban J connectivity index is 1.72. The minimum absolute atomic E-state index is 0.794. The van der Waals surface area contributed by atoms with E-state index in [9.17, 15) is 0 Å². The molecule has 3 rings (SSSR count). The van der Waals surface area contributed by atoms with Gasteiger partial charge in [-0.25, -0.2) is 4.98 Å². The monoisotopic (exact) mass is 302 g/mol. The van der Waals surface area contributed by atoms with Crippen molar-refractivity contribution in [2.75, 3.05) is 36.0 Å². The molecule has 0 saturated carbocycles. The first kappa shape index (κ1) is 14.1. The Morgan fingerprint density at radius 3 is 2.43 bits per heavy atom. The molecule has 2 heterocycles. The number of hydrogen-bond donors (Lipinski definition) is 0. The Kier molecular flexibility index (Phi) is 3.97. The van der Waals surface area contributed by atoms with Crippen LogP contribution in [0.1, 0.15) is 11.3 Å². The lowest BCUT2D eigenvalue weighted by molar-refractivity contribution is 0.644. The Labute approximate surface area is 130 Å². The first-order valence-electron chi connectivity index (χ1n) is 7.18.